The number of amides is 2. The average Bonchev–Trinajstić information content (AvgIpc) is 3.51. The number of furan rings is 1. The topological polar surface area (TPSA) is 108 Å². The van der Waals surface area contributed by atoms with Gasteiger partial charge in [0.25, 0.3) is 11.8 Å². The van der Waals surface area contributed by atoms with E-state index in [1.54, 1.807) is 68.8 Å². The molecule has 0 atom stereocenters. The molecule has 0 radical (unpaired) electrons. The number of ether oxygens (including phenoxy) is 2. The van der Waals surface area contributed by atoms with Gasteiger partial charge in [-0.2, -0.15) is 5.10 Å². The molecule has 9 nitrogen and oxygen atoms in total. The minimum atomic E-state index is -0.409. The average molecular weight is 495 g/mol. The van der Waals surface area contributed by atoms with Gasteiger partial charge in [-0.15, -0.1) is 0 Å². The van der Waals surface area contributed by atoms with E-state index < -0.39 is 11.8 Å². The van der Waals surface area contributed by atoms with Crippen LogP contribution in [0.5, 0.6) is 11.5 Å². The number of rotatable bonds is 9. The summed E-state index contributed by atoms with van der Waals surface area (Å²) >= 11 is 5.92. The van der Waals surface area contributed by atoms with Crippen LogP contribution in [-0.2, 0) is 20.2 Å². The quantitative estimate of drug-likeness (QED) is 0.356. The molecule has 0 unspecified atom stereocenters. The highest BCUT2D eigenvalue weighted by Crippen LogP contribution is 2.24. The molecule has 0 aliphatic carbocycles. The predicted molar refractivity (Wildman–Crippen MR) is 130 cm³/mol. The normalized spacial score (nSPS) is 10.6. The van der Waals surface area contributed by atoms with Crippen molar-refractivity contribution in [3.8, 4) is 11.5 Å². The van der Waals surface area contributed by atoms with E-state index in [1.165, 1.54) is 17.1 Å². The molecule has 0 saturated heterocycles. The second-order valence-electron chi connectivity index (χ2n) is 7.52. The summed E-state index contributed by atoms with van der Waals surface area (Å²) in [4.78, 5) is 25.7. The minimum Gasteiger partial charge on any atom is -0.496 e. The number of benzene rings is 2. The molecule has 0 aliphatic heterocycles. The van der Waals surface area contributed by atoms with Gasteiger partial charge in [0.1, 0.15) is 29.6 Å². The molecule has 0 fully saturated rings. The fourth-order valence-corrected chi connectivity index (χ4v) is 3.51. The zero-order valence-corrected chi connectivity index (χ0v) is 19.8. The van der Waals surface area contributed by atoms with Crippen LogP contribution in [0.1, 0.15) is 32.2 Å². The van der Waals surface area contributed by atoms with E-state index in [2.05, 4.69) is 15.7 Å². The number of methoxy groups -OCH3 is 1. The SMILES string of the molecule is COc1ccc(C(=O)Nc2cnn(C)c2C(=O)NCc2ccco2)cc1COc1ccc(Cl)cc1. The molecule has 2 heterocycles. The van der Waals surface area contributed by atoms with Gasteiger partial charge >= 0.3 is 0 Å². The van der Waals surface area contributed by atoms with Gasteiger partial charge in [0.2, 0.25) is 0 Å². The minimum absolute atomic E-state index is 0.180. The maximum absolute atomic E-state index is 13.0. The molecule has 0 bridgehead atoms. The molecule has 10 heteroatoms. The number of carbonyl (C=O) groups excluding carboxylic acids is 2. The molecule has 2 N–H and O–H groups in total. The number of hydrogen-bond acceptors (Lipinski definition) is 6. The van der Waals surface area contributed by atoms with Gasteiger partial charge in [-0.05, 0) is 54.6 Å². The number of nitrogens with zero attached hydrogens (tertiary/aromatic N) is 2. The molecule has 2 amide bonds. The van der Waals surface area contributed by atoms with E-state index in [-0.39, 0.29) is 24.5 Å². The van der Waals surface area contributed by atoms with Gasteiger partial charge in [0, 0.05) is 23.2 Å². The molecule has 2 aromatic carbocycles. The monoisotopic (exact) mass is 494 g/mol. The van der Waals surface area contributed by atoms with Gasteiger partial charge in [0.15, 0.2) is 0 Å². The number of halogens is 1. The van der Waals surface area contributed by atoms with Crippen molar-refractivity contribution in [3.05, 3.63) is 94.7 Å². The fourth-order valence-electron chi connectivity index (χ4n) is 3.38. The van der Waals surface area contributed by atoms with E-state index in [9.17, 15) is 9.59 Å². The summed E-state index contributed by atoms with van der Waals surface area (Å²) in [5.41, 5.74) is 1.54. The number of hydrogen-bond donors (Lipinski definition) is 2. The lowest BCUT2D eigenvalue weighted by molar-refractivity contribution is 0.0939. The molecular formula is C25H23ClN4O5. The summed E-state index contributed by atoms with van der Waals surface area (Å²) in [7, 11) is 3.17. The van der Waals surface area contributed by atoms with Gasteiger partial charge in [0.05, 0.1) is 31.8 Å². The van der Waals surface area contributed by atoms with Crippen LogP contribution >= 0.6 is 11.6 Å². The van der Waals surface area contributed by atoms with Gasteiger partial charge < -0.3 is 24.5 Å². The van der Waals surface area contributed by atoms with Crippen LogP contribution in [0.3, 0.4) is 0 Å². The van der Waals surface area contributed by atoms with Crippen LogP contribution in [0.4, 0.5) is 5.69 Å². The van der Waals surface area contributed by atoms with Crippen molar-refractivity contribution in [3.63, 3.8) is 0 Å². The highest BCUT2D eigenvalue weighted by Gasteiger charge is 2.20. The Balaban J connectivity index is 1.47. The summed E-state index contributed by atoms with van der Waals surface area (Å²) in [5, 5.41) is 10.2. The smallest absolute Gasteiger partial charge is 0.272 e. The lowest BCUT2D eigenvalue weighted by Crippen LogP contribution is -2.26. The largest absolute Gasteiger partial charge is 0.496 e. The lowest BCUT2D eigenvalue weighted by atomic mass is 10.1. The van der Waals surface area contributed by atoms with Crippen LogP contribution in [0.2, 0.25) is 5.02 Å². The van der Waals surface area contributed by atoms with E-state index in [0.29, 0.717) is 33.4 Å². The molecule has 180 valence electrons. The number of carbonyl (C=O) groups is 2. The Kier molecular flexibility index (Phi) is 7.37. The second-order valence-corrected chi connectivity index (χ2v) is 7.95. The van der Waals surface area contributed by atoms with E-state index in [4.69, 9.17) is 25.5 Å². The van der Waals surface area contributed by atoms with Crippen molar-refractivity contribution in [2.45, 2.75) is 13.2 Å². The molecule has 4 aromatic rings. The second kappa shape index (κ2) is 10.8. The van der Waals surface area contributed by atoms with E-state index in [1.807, 2.05) is 0 Å². The van der Waals surface area contributed by atoms with Crippen molar-refractivity contribution in [2.24, 2.45) is 7.05 Å². The highest BCUT2D eigenvalue weighted by atomic mass is 35.5. The molecule has 4 rings (SSSR count). The van der Waals surface area contributed by atoms with Crippen LogP contribution in [0.25, 0.3) is 0 Å². The molecule has 2 aromatic heterocycles. The number of anilines is 1. The Hall–Kier alpha value is -4.24. The number of aryl methyl sites for hydroxylation is 1. The van der Waals surface area contributed by atoms with Crippen molar-refractivity contribution >= 4 is 29.1 Å². The highest BCUT2D eigenvalue weighted by molar-refractivity contribution is 6.30. The van der Waals surface area contributed by atoms with Crippen molar-refractivity contribution in [1.29, 1.82) is 0 Å². The van der Waals surface area contributed by atoms with Gasteiger partial charge in [-0.3, -0.25) is 14.3 Å². The predicted octanol–water partition coefficient (Wildman–Crippen LogP) is 4.44. The van der Waals surface area contributed by atoms with Crippen LogP contribution in [-0.4, -0.2) is 28.7 Å². The van der Waals surface area contributed by atoms with Crippen LogP contribution in [0.15, 0.2) is 71.5 Å². The van der Waals surface area contributed by atoms with Crippen molar-refractivity contribution in [1.82, 2.24) is 15.1 Å². The Morgan fingerprint density at radius 1 is 1.11 bits per heavy atom. The van der Waals surface area contributed by atoms with Gasteiger partial charge in [-0.25, -0.2) is 0 Å². The first kappa shape index (κ1) is 23.9. The summed E-state index contributed by atoms with van der Waals surface area (Å²) < 4.78 is 17.8. The summed E-state index contributed by atoms with van der Waals surface area (Å²) in [6.45, 7) is 0.388. The Bertz CT molecular complexity index is 1320. The molecule has 0 spiro atoms. The van der Waals surface area contributed by atoms with Crippen LogP contribution < -0.4 is 20.1 Å². The maximum atomic E-state index is 13.0. The summed E-state index contributed by atoms with van der Waals surface area (Å²) in [6, 6.07) is 15.5. The summed E-state index contributed by atoms with van der Waals surface area (Å²) in [5.74, 6) is 1.01. The van der Waals surface area contributed by atoms with Gasteiger partial charge in [-0.1, -0.05) is 11.6 Å². The number of nitrogens with one attached hydrogen (secondary N) is 2. The van der Waals surface area contributed by atoms with E-state index >= 15 is 0 Å². The zero-order valence-electron chi connectivity index (χ0n) is 19.1. The van der Waals surface area contributed by atoms with Crippen LogP contribution in [0, 0.1) is 0 Å². The maximum Gasteiger partial charge on any atom is 0.272 e. The first-order chi connectivity index (χ1) is 16.9. The summed E-state index contributed by atoms with van der Waals surface area (Å²) in [6.07, 6.45) is 2.95. The third kappa shape index (κ3) is 5.82. The molecule has 0 aliphatic rings. The zero-order chi connectivity index (χ0) is 24.8. The third-order valence-electron chi connectivity index (χ3n) is 5.16. The van der Waals surface area contributed by atoms with E-state index in [0.717, 1.165) is 0 Å². The molecule has 35 heavy (non-hydrogen) atoms. The first-order valence-corrected chi connectivity index (χ1v) is 11.0. The third-order valence-corrected chi connectivity index (χ3v) is 5.41. The Labute approximate surface area is 206 Å². The van der Waals surface area contributed by atoms with Crippen molar-refractivity contribution < 1.29 is 23.5 Å². The Morgan fingerprint density at radius 2 is 1.91 bits per heavy atom. The molecule has 0 saturated carbocycles. The Morgan fingerprint density at radius 3 is 2.63 bits per heavy atom. The van der Waals surface area contributed by atoms with Crippen molar-refractivity contribution in [2.75, 3.05) is 12.4 Å². The standard InChI is InChI=1S/C25H23ClN4O5/c1-30-23(25(32)27-13-20-4-3-11-34-20)21(14-28-30)29-24(31)16-5-10-22(33-2)17(12-16)15-35-19-8-6-18(26)7-9-19/h3-12,14H,13,15H2,1-2H3,(H,27,32)(H,29,31). The first-order valence-electron chi connectivity index (χ1n) is 10.6. The number of aromatic nitrogens is 2. The molecular weight excluding hydrogens is 472 g/mol. The fraction of sp³-hybridized carbons (Fsp3) is 0.160. The lowest BCUT2D eigenvalue weighted by Gasteiger charge is -2.13.